The van der Waals surface area contributed by atoms with E-state index in [2.05, 4.69) is 34.6 Å². The fraction of sp³-hybridized carbons (Fsp3) is 0.161. The van der Waals surface area contributed by atoms with Crippen molar-refractivity contribution in [2.24, 2.45) is 0 Å². The molecule has 1 atom stereocenters. The van der Waals surface area contributed by atoms with Crippen LogP contribution in [0.25, 0.3) is 32.7 Å². The van der Waals surface area contributed by atoms with Gasteiger partial charge in [0, 0.05) is 24.3 Å². The third kappa shape index (κ3) is 4.60. The van der Waals surface area contributed by atoms with E-state index in [1.807, 2.05) is 67.7 Å². The Hall–Kier alpha value is -4.38. The molecule has 4 aromatic carbocycles. The third-order valence-corrected chi connectivity index (χ3v) is 6.71. The number of ether oxygens (including phenoxy) is 2. The van der Waals surface area contributed by atoms with Gasteiger partial charge >= 0.3 is 0 Å². The Balaban J connectivity index is 1.37. The Labute approximate surface area is 210 Å². The predicted molar refractivity (Wildman–Crippen MR) is 144 cm³/mol. The summed E-state index contributed by atoms with van der Waals surface area (Å²) in [6.45, 7) is 2.36. The van der Waals surface area contributed by atoms with E-state index in [4.69, 9.17) is 9.47 Å². The van der Waals surface area contributed by atoms with Crippen molar-refractivity contribution < 1.29 is 14.3 Å². The molecule has 5 aromatic rings. The van der Waals surface area contributed by atoms with Crippen molar-refractivity contribution in [1.82, 2.24) is 10.3 Å². The van der Waals surface area contributed by atoms with Gasteiger partial charge in [0.25, 0.3) is 0 Å². The van der Waals surface area contributed by atoms with Crippen LogP contribution in [-0.4, -0.2) is 25.1 Å². The van der Waals surface area contributed by atoms with Gasteiger partial charge in [0.1, 0.15) is 11.5 Å². The fourth-order valence-electron chi connectivity index (χ4n) is 4.57. The van der Waals surface area contributed by atoms with Gasteiger partial charge in [0.2, 0.25) is 5.91 Å². The summed E-state index contributed by atoms with van der Waals surface area (Å²) in [4.78, 5) is 17.4. The second-order valence-electron chi connectivity index (χ2n) is 8.84. The first-order valence-corrected chi connectivity index (χ1v) is 11.9. The molecule has 1 N–H and O–H groups in total. The lowest BCUT2D eigenvalue weighted by Gasteiger charge is -2.16. The highest BCUT2D eigenvalue weighted by Gasteiger charge is 2.16. The number of fused-ring (bicyclic) bond motifs is 2. The summed E-state index contributed by atoms with van der Waals surface area (Å²) in [5.41, 5.74) is 4.17. The topological polar surface area (TPSA) is 60.5 Å². The number of aromatic nitrogens is 1. The van der Waals surface area contributed by atoms with Crippen molar-refractivity contribution in [1.29, 1.82) is 0 Å². The van der Waals surface area contributed by atoms with Gasteiger partial charge in [-0.1, -0.05) is 48.5 Å². The van der Waals surface area contributed by atoms with E-state index in [1.165, 1.54) is 0 Å². The molecule has 0 radical (unpaired) electrons. The van der Waals surface area contributed by atoms with Crippen LogP contribution in [0.15, 0.2) is 91.3 Å². The molecule has 1 heterocycles. The molecule has 0 saturated carbocycles. The monoisotopic (exact) mass is 476 g/mol. The maximum absolute atomic E-state index is 13.1. The van der Waals surface area contributed by atoms with E-state index in [-0.39, 0.29) is 11.8 Å². The van der Waals surface area contributed by atoms with Crippen molar-refractivity contribution in [2.45, 2.75) is 19.4 Å². The minimum absolute atomic E-state index is 0.0169. The molecule has 0 spiro atoms. The Kier molecular flexibility index (Phi) is 6.54. The molecule has 36 heavy (non-hydrogen) atoms. The normalized spacial score (nSPS) is 11.9. The van der Waals surface area contributed by atoms with Gasteiger partial charge in [-0.15, -0.1) is 0 Å². The number of methoxy groups -OCH3 is 2. The van der Waals surface area contributed by atoms with Crippen LogP contribution in [0.5, 0.6) is 11.5 Å². The molecule has 1 amide bonds. The number of nitrogens with one attached hydrogen (secondary N) is 1. The molecule has 0 aliphatic heterocycles. The molecule has 0 bridgehead atoms. The zero-order chi connectivity index (χ0) is 25.1. The first-order chi connectivity index (χ1) is 17.6. The number of carbonyl (C=O) groups excluding carboxylic acids is 1. The fourth-order valence-corrected chi connectivity index (χ4v) is 4.57. The van der Waals surface area contributed by atoms with E-state index in [0.29, 0.717) is 6.54 Å². The van der Waals surface area contributed by atoms with Gasteiger partial charge in [0.05, 0.1) is 20.1 Å². The molecule has 180 valence electrons. The number of carbonyl (C=O) groups is 1. The van der Waals surface area contributed by atoms with Gasteiger partial charge in [-0.2, -0.15) is 0 Å². The predicted octanol–water partition coefficient (Wildman–Crippen LogP) is 6.49. The minimum Gasteiger partial charge on any atom is -0.497 e. The molecule has 1 aromatic heterocycles. The molecular weight excluding hydrogens is 448 g/mol. The van der Waals surface area contributed by atoms with E-state index in [9.17, 15) is 4.79 Å². The summed E-state index contributed by atoms with van der Waals surface area (Å²) in [5, 5.41) is 7.40. The lowest BCUT2D eigenvalue weighted by molar-refractivity contribution is -0.122. The summed E-state index contributed by atoms with van der Waals surface area (Å²) in [7, 11) is 3.33. The van der Waals surface area contributed by atoms with Crippen LogP contribution in [0.1, 0.15) is 24.0 Å². The van der Waals surface area contributed by atoms with E-state index >= 15 is 0 Å². The molecule has 0 aliphatic rings. The first kappa shape index (κ1) is 23.4. The Morgan fingerprint density at radius 1 is 0.861 bits per heavy atom. The second kappa shape index (κ2) is 10.1. The lowest BCUT2D eigenvalue weighted by Crippen LogP contribution is -2.27. The molecule has 5 rings (SSSR count). The maximum Gasteiger partial charge on any atom is 0.227 e. The third-order valence-electron chi connectivity index (χ3n) is 6.71. The van der Waals surface area contributed by atoms with Crippen LogP contribution in [-0.2, 0) is 11.3 Å². The number of amides is 1. The van der Waals surface area contributed by atoms with E-state index in [0.717, 1.165) is 55.3 Å². The Morgan fingerprint density at radius 3 is 2.47 bits per heavy atom. The second-order valence-corrected chi connectivity index (χ2v) is 8.84. The highest BCUT2D eigenvalue weighted by atomic mass is 16.5. The van der Waals surface area contributed by atoms with Gasteiger partial charge < -0.3 is 14.8 Å². The number of hydrogen-bond acceptors (Lipinski definition) is 4. The largest absolute Gasteiger partial charge is 0.497 e. The van der Waals surface area contributed by atoms with Crippen LogP contribution >= 0.6 is 0 Å². The highest BCUT2D eigenvalue weighted by Crippen LogP contribution is 2.32. The molecule has 0 aliphatic carbocycles. The molecular formula is C31H28N2O3. The maximum atomic E-state index is 13.1. The van der Waals surface area contributed by atoms with Crippen LogP contribution in [0.3, 0.4) is 0 Å². The Bertz CT molecular complexity index is 1560. The summed E-state index contributed by atoms with van der Waals surface area (Å²) in [6, 6.07) is 26.3. The number of hydrogen-bond donors (Lipinski definition) is 1. The minimum atomic E-state index is -0.281. The zero-order valence-electron chi connectivity index (χ0n) is 20.6. The number of nitrogens with zero attached hydrogens (tertiary/aromatic N) is 1. The summed E-state index contributed by atoms with van der Waals surface area (Å²) >= 11 is 0. The molecule has 0 fully saturated rings. The Morgan fingerprint density at radius 2 is 1.64 bits per heavy atom. The van der Waals surface area contributed by atoms with Crippen molar-refractivity contribution >= 4 is 27.5 Å². The van der Waals surface area contributed by atoms with Crippen molar-refractivity contribution in [2.75, 3.05) is 14.2 Å². The summed E-state index contributed by atoms with van der Waals surface area (Å²) in [5.74, 6) is 1.33. The average molecular weight is 477 g/mol. The molecule has 0 unspecified atom stereocenters. The van der Waals surface area contributed by atoms with Gasteiger partial charge in [-0.05, 0) is 75.7 Å². The van der Waals surface area contributed by atoms with Gasteiger partial charge in [-0.25, -0.2) is 0 Å². The van der Waals surface area contributed by atoms with Crippen molar-refractivity contribution in [3.8, 4) is 22.6 Å². The van der Waals surface area contributed by atoms with Gasteiger partial charge in [0.15, 0.2) is 0 Å². The first-order valence-electron chi connectivity index (χ1n) is 11.9. The van der Waals surface area contributed by atoms with E-state index in [1.54, 1.807) is 20.4 Å². The molecule has 0 saturated heterocycles. The number of rotatable bonds is 7. The van der Waals surface area contributed by atoms with Crippen LogP contribution in [0.4, 0.5) is 0 Å². The summed E-state index contributed by atoms with van der Waals surface area (Å²) < 4.78 is 10.7. The van der Waals surface area contributed by atoms with Crippen molar-refractivity contribution in [3.05, 3.63) is 102 Å². The zero-order valence-corrected chi connectivity index (χ0v) is 20.6. The average Bonchev–Trinajstić information content (AvgIpc) is 2.94. The van der Waals surface area contributed by atoms with Crippen LogP contribution in [0.2, 0.25) is 0 Å². The molecule has 5 nitrogen and oxygen atoms in total. The highest BCUT2D eigenvalue weighted by molar-refractivity contribution is 5.98. The number of benzene rings is 4. The van der Waals surface area contributed by atoms with Crippen molar-refractivity contribution in [3.63, 3.8) is 0 Å². The van der Waals surface area contributed by atoms with Crippen LogP contribution < -0.4 is 14.8 Å². The lowest BCUT2D eigenvalue weighted by atomic mass is 9.95. The molecule has 5 heteroatoms. The quantitative estimate of drug-likeness (QED) is 0.292. The smallest absolute Gasteiger partial charge is 0.227 e. The SMILES string of the molecule is COc1cccc(-c2ccc(CNC(=O)[C@@H](C)c3ccc4cc(OC)ccc4c3)c3cnccc23)c1. The van der Waals surface area contributed by atoms with Crippen LogP contribution in [0, 0.1) is 0 Å². The number of pyridine rings is 1. The summed E-state index contributed by atoms with van der Waals surface area (Å²) in [6.07, 6.45) is 3.66. The van der Waals surface area contributed by atoms with Gasteiger partial charge in [-0.3, -0.25) is 9.78 Å². The van der Waals surface area contributed by atoms with E-state index < -0.39 is 0 Å². The standard InChI is InChI=1S/C31H28N2O3/c1-20(21-7-8-23-16-27(36-3)11-9-22(23)15-21)31(34)33-18-25-10-12-28(29-13-14-32-19-30(25)29)24-5-4-6-26(17-24)35-2/h4-17,19-20H,18H2,1-3H3,(H,33,34)/t20-/m0/s1.